The molecule has 0 spiro atoms. The lowest BCUT2D eigenvalue weighted by atomic mass is 10.1. The summed E-state index contributed by atoms with van der Waals surface area (Å²) in [6.07, 6.45) is 0. The standard InChI is InChI=1S/C9H16N4O2/c1-4-15-9(14)6-7(5(2)3)12-13-8(6)11-10/h5H,4,10H2,1-3H3,(H2,11,12,13). The minimum absolute atomic E-state index is 0.152. The van der Waals surface area contributed by atoms with E-state index in [9.17, 15) is 4.79 Å². The van der Waals surface area contributed by atoms with Crippen molar-refractivity contribution in [2.75, 3.05) is 12.0 Å². The molecule has 0 atom stereocenters. The van der Waals surface area contributed by atoms with Crippen molar-refractivity contribution in [3.05, 3.63) is 11.3 Å². The van der Waals surface area contributed by atoms with Gasteiger partial charge in [0.15, 0.2) is 5.82 Å². The summed E-state index contributed by atoms with van der Waals surface area (Å²) < 4.78 is 4.93. The number of carbonyl (C=O) groups excluding carboxylic acids is 1. The fourth-order valence-electron chi connectivity index (χ4n) is 1.29. The highest BCUT2D eigenvalue weighted by molar-refractivity contribution is 5.96. The molecule has 1 aromatic heterocycles. The molecule has 84 valence electrons. The van der Waals surface area contributed by atoms with Gasteiger partial charge in [-0.25, -0.2) is 10.6 Å². The summed E-state index contributed by atoms with van der Waals surface area (Å²) >= 11 is 0. The van der Waals surface area contributed by atoms with Crippen LogP contribution in [0.4, 0.5) is 5.82 Å². The van der Waals surface area contributed by atoms with Crippen molar-refractivity contribution in [3.8, 4) is 0 Å². The van der Waals surface area contributed by atoms with E-state index >= 15 is 0 Å². The van der Waals surface area contributed by atoms with Gasteiger partial charge in [0.2, 0.25) is 0 Å². The molecule has 1 rings (SSSR count). The van der Waals surface area contributed by atoms with E-state index in [0.717, 1.165) is 5.69 Å². The molecule has 4 N–H and O–H groups in total. The third-order valence-corrected chi connectivity index (χ3v) is 1.99. The maximum atomic E-state index is 11.6. The molecule has 1 aromatic rings. The van der Waals surface area contributed by atoms with E-state index in [0.29, 0.717) is 18.0 Å². The number of aromatic amines is 1. The molecule has 6 heteroatoms. The average molecular weight is 212 g/mol. The van der Waals surface area contributed by atoms with Crippen LogP contribution in [0.25, 0.3) is 0 Å². The number of rotatable bonds is 4. The summed E-state index contributed by atoms with van der Waals surface area (Å²) in [6.45, 7) is 5.99. The van der Waals surface area contributed by atoms with Crippen molar-refractivity contribution in [3.63, 3.8) is 0 Å². The van der Waals surface area contributed by atoms with Crippen LogP contribution in [0.15, 0.2) is 0 Å². The fourth-order valence-corrected chi connectivity index (χ4v) is 1.29. The second kappa shape index (κ2) is 4.79. The maximum Gasteiger partial charge on any atom is 0.343 e. The van der Waals surface area contributed by atoms with Crippen LogP contribution in [0.1, 0.15) is 42.7 Å². The molecule has 0 fully saturated rings. The number of hydrogen-bond donors (Lipinski definition) is 3. The Morgan fingerprint density at radius 2 is 2.33 bits per heavy atom. The lowest BCUT2D eigenvalue weighted by Crippen LogP contribution is -2.14. The molecular weight excluding hydrogens is 196 g/mol. The van der Waals surface area contributed by atoms with E-state index in [4.69, 9.17) is 10.6 Å². The third kappa shape index (κ3) is 2.27. The summed E-state index contributed by atoms with van der Waals surface area (Å²) in [4.78, 5) is 11.6. The van der Waals surface area contributed by atoms with E-state index in [2.05, 4.69) is 15.6 Å². The average Bonchev–Trinajstić information content (AvgIpc) is 2.61. The number of aromatic nitrogens is 2. The van der Waals surface area contributed by atoms with Gasteiger partial charge in [-0.15, -0.1) is 0 Å². The van der Waals surface area contributed by atoms with Crippen LogP contribution in [0.2, 0.25) is 0 Å². The Bertz CT molecular complexity index is 346. The van der Waals surface area contributed by atoms with Gasteiger partial charge >= 0.3 is 5.97 Å². The van der Waals surface area contributed by atoms with Gasteiger partial charge in [0.05, 0.1) is 12.3 Å². The van der Waals surface area contributed by atoms with Crippen molar-refractivity contribution >= 4 is 11.8 Å². The van der Waals surface area contributed by atoms with Crippen LogP contribution in [-0.4, -0.2) is 22.8 Å². The first-order valence-corrected chi connectivity index (χ1v) is 4.83. The molecule has 0 aliphatic rings. The molecule has 0 aromatic carbocycles. The van der Waals surface area contributed by atoms with Gasteiger partial charge < -0.3 is 10.2 Å². The SMILES string of the molecule is CCOC(=O)c1c(NN)n[nH]c1C(C)C. The van der Waals surface area contributed by atoms with Crippen molar-refractivity contribution in [1.82, 2.24) is 10.2 Å². The number of ether oxygens (including phenoxy) is 1. The van der Waals surface area contributed by atoms with Crippen LogP contribution >= 0.6 is 0 Å². The van der Waals surface area contributed by atoms with Gasteiger partial charge in [-0.3, -0.25) is 5.10 Å². The molecule has 1 heterocycles. The molecule has 15 heavy (non-hydrogen) atoms. The lowest BCUT2D eigenvalue weighted by Gasteiger charge is -2.06. The number of nitrogens with two attached hydrogens (primary N) is 1. The number of hydrazine groups is 1. The summed E-state index contributed by atoms with van der Waals surface area (Å²) in [7, 11) is 0. The molecule has 0 amide bonds. The minimum atomic E-state index is -0.414. The Morgan fingerprint density at radius 3 is 2.80 bits per heavy atom. The van der Waals surface area contributed by atoms with E-state index in [-0.39, 0.29) is 5.92 Å². The Labute approximate surface area is 88.2 Å². The Morgan fingerprint density at radius 1 is 1.67 bits per heavy atom. The number of hydrogen-bond acceptors (Lipinski definition) is 5. The highest BCUT2D eigenvalue weighted by atomic mass is 16.5. The van der Waals surface area contributed by atoms with Crippen LogP contribution < -0.4 is 11.3 Å². The summed E-state index contributed by atoms with van der Waals surface area (Å²) in [5, 5.41) is 6.67. The first-order chi connectivity index (χ1) is 7.11. The second-order valence-corrected chi connectivity index (χ2v) is 3.38. The van der Waals surface area contributed by atoms with Gasteiger partial charge in [0.1, 0.15) is 5.56 Å². The number of anilines is 1. The Kier molecular flexibility index (Phi) is 3.68. The monoisotopic (exact) mass is 212 g/mol. The molecule has 0 radical (unpaired) electrons. The summed E-state index contributed by atoms with van der Waals surface area (Å²) in [6, 6.07) is 0. The van der Waals surface area contributed by atoms with Gasteiger partial charge in [-0.1, -0.05) is 13.8 Å². The molecule has 0 aliphatic carbocycles. The van der Waals surface area contributed by atoms with E-state index in [1.807, 2.05) is 13.8 Å². The minimum Gasteiger partial charge on any atom is -0.462 e. The van der Waals surface area contributed by atoms with Crippen LogP contribution in [0.3, 0.4) is 0 Å². The molecule has 0 saturated carbocycles. The zero-order chi connectivity index (χ0) is 11.4. The van der Waals surface area contributed by atoms with Crippen LogP contribution in [0, 0.1) is 0 Å². The van der Waals surface area contributed by atoms with Gasteiger partial charge in [0, 0.05) is 0 Å². The topological polar surface area (TPSA) is 93.0 Å². The molecule has 0 aliphatic heterocycles. The lowest BCUT2D eigenvalue weighted by molar-refractivity contribution is 0.0526. The van der Waals surface area contributed by atoms with Crippen molar-refractivity contribution in [2.45, 2.75) is 26.7 Å². The van der Waals surface area contributed by atoms with Gasteiger partial charge in [-0.2, -0.15) is 5.10 Å². The largest absolute Gasteiger partial charge is 0.462 e. The second-order valence-electron chi connectivity index (χ2n) is 3.38. The highest BCUT2D eigenvalue weighted by Crippen LogP contribution is 2.23. The number of nitrogens with one attached hydrogen (secondary N) is 2. The van der Waals surface area contributed by atoms with Crippen molar-refractivity contribution < 1.29 is 9.53 Å². The third-order valence-electron chi connectivity index (χ3n) is 1.99. The van der Waals surface area contributed by atoms with Crippen molar-refractivity contribution in [1.29, 1.82) is 0 Å². The molecule has 0 saturated heterocycles. The normalized spacial score (nSPS) is 10.5. The molecule has 0 bridgehead atoms. The first kappa shape index (κ1) is 11.5. The van der Waals surface area contributed by atoms with E-state index in [1.165, 1.54) is 0 Å². The van der Waals surface area contributed by atoms with E-state index < -0.39 is 5.97 Å². The predicted molar refractivity (Wildman–Crippen MR) is 56.4 cm³/mol. The smallest absolute Gasteiger partial charge is 0.343 e. The Hall–Kier alpha value is -1.56. The fraction of sp³-hybridized carbons (Fsp3) is 0.556. The van der Waals surface area contributed by atoms with Crippen LogP contribution in [0.5, 0.6) is 0 Å². The highest BCUT2D eigenvalue weighted by Gasteiger charge is 2.22. The van der Waals surface area contributed by atoms with Crippen molar-refractivity contribution in [2.24, 2.45) is 5.84 Å². The number of nitrogen functional groups attached to an aromatic ring is 1. The van der Waals surface area contributed by atoms with Crippen LogP contribution in [-0.2, 0) is 4.74 Å². The van der Waals surface area contributed by atoms with Gasteiger partial charge in [0.25, 0.3) is 0 Å². The molecular formula is C9H16N4O2. The maximum absolute atomic E-state index is 11.6. The quantitative estimate of drug-likeness (QED) is 0.393. The molecule has 0 unspecified atom stereocenters. The zero-order valence-corrected chi connectivity index (χ0v) is 9.13. The van der Waals surface area contributed by atoms with Gasteiger partial charge in [-0.05, 0) is 12.8 Å². The number of H-pyrrole nitrogens is 1. The predicted octanol–water partition coefficient (Wildman–Crippen LogP) is 0.995. The number of carbonyl (C=O) groups is 1. The Balaban J connectivity index is 3.10. The molecule has 6 nitrogen and oxygen atoms in total. The first-order valence-electron chi connectivity index (χ1n) is 4.83. The number of nitrogens with zero attached hydrogens (tertiary/aromatic N) is 1. The summed E-state index contributed by atoms with van der Waals surface area (Å²) in [5.41, 5.74) is 3.47. The van der Waals surface area contributed by atoms with E-state index in [1.54, 1.807) is 6.92 Å². The number of esters is 1. The zero-order valence-electron chi connectivity index (χ0n) is 9.13. The summed E-state index contributed by atoms with van der Waals surface area (Å²) in [5.74, 6) is 5.31.